The van der Waals surface area contributed by atoms with E-state index in [4.69, 9.17) is 9.72 Å². The number of methoxy groups -OCH3 is 1. The number of ether oxygens (including phenoxy) is 1. The van der Waals surface area contributed by atoms with E-state index in [1.165, 1.54) is 0 Å². The van der Waals surface area contributed by atoms with Gasteiger partial charge in [0.15, 0.2) is 0 Å². The van der Waals surface area contributed by atoms with E-state index in [1.54, 1.807) is 7.11 Å². The molecular weight excluding hydrogens is 328 g/mol. The zero-order valence-electron chi connectivity index (χ0n) is 16.0. The van der Waals surface area contributed by atoms with Crippen LogP contribution < -0.4 is 0 Å². The Kier molecular flexibility index (Phi) is 5.23. The van der Waals surface area contributed by atoms with Crippen molar-refractivity contribution in [2.75, 3.05) is 33.8 Å². The van der Waals surface area contributed by atoms with Crippen LogP contribution in [-0.4, -0.2) is 65.6 Å². The van der Waals surface area contributed by atoms with E-state index >= 15 is 0 Å². The monoisotopic (exact) mass is 358 g/mol. The number of rotatable bonds is 3. The summed E-state index contributed by atoms with van der Waals surface area (Å²) in [6, 6.07) is 0. The first-order valence-electron chi connectivity index (χ1n) is 9.99. The summed E-state index contributed by atoms with van der Waals surface area (Å²) in [4.78, 5) is 26.8. The lowest BCUT2D eigenvalue weighted by atomic mass is 9.86. The highest BCUT2D eigenvalue weighted by molar-refractivity contribution is 5.79. The SMILES string of the molecule is COC1CCC(C(=O)N2CCc3nc(C4CCN(C)C4)ncc3C2)CC1. The van der Waals surface area contributed by atoms with E-state index in [9.17, 15) is 4.79 Å². The maximum Gasteiger partial charge on any atom is 0.225 e. The van der Waals surface area contributed by atoms with Gasteiger partial charge in [-0.25, -0.2) is 9.97 Å². The van der Waals surface area contributed by atoms with Crippen molar-refractivity contribution in [3.05, 3.63) is 23.3 Å². The standard InChI is InChI=1S/C20H30N4O2/c1-23-9-7-15(12-23)19-21-11-16-13-24(10-8-18(16)22-19)20(25)14-3-5-17(26-2)6-4-14/h11,14-15,17H,3-10,12-13H2,1-2H3. The van der Waals surface area contributed by atoms with Crippen LogP contribution in [0.2, 0.25) is 0 Å². The molecule has 0 bridgehead atoms. The van der Waals surface area contributed by atoms with Gasteiger partial charge in [-0.15, -0.1) is 0 Å². The average Bonchev–Trinajstić information content (AvgIpc) is 3.13. The van der Waals surface area contributed by atoms with Crippen molar-refractivity contribution in [1.82, 2.24) is 19.8 Å². The maximum atomic E-state index is 12.9. The molecule has 2 aliphatic heterocycles. The van der Waals surface area contributed by atoms with Crippen molar-refractivity contribution in [3.63, 3.8) is 0 Å². The number of carbonyl (C=O) groups excluding carboxylic acids is 1. The minimum absolute atomic E-state index is 0.164. The molecule has 0 radical (unpaired) electrons. The largest absolute Gasteiger partial charge is 0.381 e. The molecule has 1 aliphatic carbocycles. The van der Waals surface area contributed by atoms with E-state index < -0.39 is 0 Å². The lowest BCUT2D eigenvalue weighted by molar-refractivity contribution is -0.138. The minimum Gasteiger partial charge on any atom is -0.381 e. The fourth-order valence-electron chi connectivity index (χ4n) is 4.67. The fraction of sp³-hybridized carbons (Fsp3) is 0.750. The Balaban J connectivity index is 1.39. The molecule has 1 unspecified atom stereocenters. The third kappa shape index (κ3) is 3.62. The second-order valence-electron chi connectivity index (χ2n) is 8.17. The van der Waals surface area contributed by atoms with E-state index in [-0.39, 0.29) is 5.92 Å². The number of amides is 1. The summed E-state index contributed by atoms with van der Waals surface area (Å²) in [5.41, 5.74) is 2.28. The van der Waals surface area contributed by atoms with Crippen LogP contribution in [0.5, 0.6) is 0 Å². The molecule has 3 heterocycles. The Morgan fingerprint density at radius 3 is 2.69 bits per heavy atom. The molecule has 1 saturated carbocycles. The molecule has 6 heteroatoms. The summed E-state index contributed by atoms with van der Waals surface area (Å²) in [6.07, 6.45) is 8.20. The van der Waals surface area contributed by atoms with Crippen molar-refractivity contribution in [3.8, 4) is 0 Å². The lowest BCUT2D eigenvalue weighted by Gasteiger charge is -2.34. The molecule has 0 spiro atoms. The Bertz CT molecular complexity index is 657. The third-order valence-electron chi connectivity index (χ3n) is 6.38. The molecule has 26 heavy (non-hydrogen) atoms. The quantitative estimate of drug-likeness (QED) is 0.827. The van der Waals surface area contributed by atoms with E-state index in [0.29, 0.717) is 24.5 Å². The normalized spacial score (nSPS) is 29.6. The first kappa shape index (κ1) is 17.9. The Morgan fingerprint density at radius 1 is 1.19 bits per heavy atom. The summed E-state index contributed by atoms with van der Waals surface area (Å²) in [5.74, 6) is 1.93. The molecule has 2 fully saturated rings. The van der Waals surface area contributed by atoms with Crippen LogP contribution in [0.25, 0.3) is 0 Å². The second kappa shape index (κ2) is 7.61. The van der Waals surface area contributed by atoms with Gasteiger partial charge >= 0.3 is 0 Å². The van der Waals surface area contributed by atoms with Crippen LogP contribution in [0.1, 0.15) is 55.1 Å². The molecule has 1 amide bonds. The highest BCUT2D eigenvalue weighted by Gasteiger charge is 2.32. The number of likely N-dealkylation sites (tertiary alicyclic amines) is 1. The Morgan fingerprint density at radius 2 is 2.00 bits per heavy atom. The third-order valence-corrected chi connectivity index (χ3v) is 6.38. The highest BCUT2D eigenvalue weighted by Crippen LogP contribution is 2.30. The molecule has 4 rings (SSSR count). The molecule has 1 aromatic rings. The number of carbonyl (C=O) groups is 1. The van der Waals surface area contributed by atoms with Gasteiger partial charge in [0, 0.05) is 56.8 Å². The van der Waals surface area contributed by atoms with Gasteiger partial charge in [0.1, 0.15) is 5.82 Å². The summed E-state index contributed by atoms with van der Waals surface area (Å²) in [6.45, 7) is 3.63. The fourth-order valence-corrected chi connectivity index (χ4v) is 4.67. The lowest BCUT2D eigenvalue weighted by Crippen LogP contribution is -2.41. The van der Waals surface area contributed by atoms with E-state index in [0.717, 1.165) is 75.2 Å². The molecule has 142 valence electrons. The summed E-state index contributed by atoms with van der Waals surface area (Å²) >= 11 is 0. The van der Waals surface area contributed by atoms with Gasteiger partial charge in [-0.1, -0.05) is 0 Å². The van der Waals surface area contributed by atoms with Gasteiger partial charge in [-0.05, 0) is 45.7 Å². The highest BCUT2D eigenvalue weighted by atomic mass is 16.5. The zero-order valence-corrected chi connectivity index (χ0v) is 16.0. The maximum absolute atomic E-state index is 12.9. The second-order valence-corrected chi connectivity index (χ2v) is 8.17. The van der Waals surface area contributed by atoms with Crippen molar-refractivity contribution in [1.29, 1.82) is 0 Å². The van der Waals surface area contributed by atoms with Crippen molar-refractivity contribution in [2.45, 2.75) is 57.1 Å². The van der Waals surface area contributed by atoms with Crippen LogP contribution in [0, 0.1) is 5.92 Å². The van der Waals surface area contributed by atoms with Gasteiger partial charge in [0.05, 0.1) is 11.8 Å². The summed E-state index contributed by atoms with van der Waals surface area (Å²) in [5, 5.41) is 0. The van der Waals surface area contributed by atoms with Crippen LogP contribution in [0.3, 0.4) is 0 Å². The number of fused-ring (bicyclic) bond motifs is 1. The van der Waals surface area contributed by atoms with Crippen LogP contribution in [-0.2, 0) is 22.5 Å². The van der Waals surface area contributed by atoms with Crippen molar-refractivity contribution < 1.29 is 9.53 Å². The summed E-state index contributed by atoms with van der Waals surface area (Å²) in [7, 11) is 3.92. The number of hydrogen-bond acceptors (Lipinski definition) is 5. The Hall–Kier alpha value is -1.53. The predicted molar refractivity (Wildman–Crippen MR) is 98.8 cm³/mol. The first-order chi connectivity index (χ1) is 12.6. The molecule has 3 aliphatic rings. The number of likely N-dealkylation sites (N-methyl/N-ethyl adjacent to an activating group) is 1. The minimum atomic E-state index is 0.164. The topological polar surface area (TPSA) is 58.6 Å². The first-order valence-corrected chi connectivity index (χ1v) is 9.99. The van der Waals surface area contributed by atoms with Gasteiger partial charge < -0.3 is 14.5 Å². The molecule has 6 nitrogen and oxygen atoms in total. The van der Waals surface area contributed by atoms with Crippen LogP contribution in [0.4, 0.5) is 0 Å². The van der Waals surface area contributed by atoms with Gasteiger partial charge in [0.25, 0.3) is 0 Å². The molecular formula is C20H30N4O2. The number of hydrogen-bond donors (Lipinski definition) is 0. The smallest absolute Gasteiger partial charge is 0.225 e. The molecule has 0 aromatic carbocycles. The summed E-state index contributed by atoms with van der Waals surface area (Å²) < 4.78 is 5.43. The van der Waals surface area contributed by atoms with Gasteiger partial charge in [-0.3, -0.25) is 4.79 Å². The van der Waals surface area contributed by atoms with E-state index in [2.05, 4.69) is 16.9 Å². The average molecular weight is 358 g/mol. The number of nitrogens with zero attached hydrogens (tertiary/aromatic N) is 4. The molecule has 1 atom stereocenters. The van der Waals surface area contributed by atoms with Crippen molar-refractivity contribution in [2.24, 2.45) is 5.92 Å². The van der Waals surface area contributed by atoms with Crippen LogP contribution >= 0.6 is 0 Å². The Labute approximate surface area is 155 Å². The van der Waals surface area contributed by atoms with Gasteiger partial charge in [0.2, 0.25) is 5.91 Å². The van der Waals surface area contributed by atoms with E-state index in [1.807, 2.05) is 11.1 Å². The van der Waals surface area contributed by atoms with Gasteiger partial charge in [-0.2, -0.15) is 0 Å². The van der Waals surface area contributed by atoms with Crippen LogP contribution in [0.15, 0.2) is 6.20 Å². The van der Waals surface area contributed by atoms with Crippen molar-refractivity contribution >= 4 is 5.91 Å². The predicted octanol–water partition coefficient (Wildman–Crippen LogP) is 1.99. The number of aromatic nitrogens is 2. The molecule has 1 saturated heterocycles. The molecule has 0 N–H and O–H groups in total. The molecule has 1 aromatic heterocycles. The zero-order chi connectivity index (χ0) is 18.1.